The third-order valence-electron chi connectivity index (χ3n) is 3.05. The Balaban J connectivity index is 2.04. The first-order valence-corrected chi connectivity index (χ1v) is 5.65. The number of aryl methyl sites for hydroxylation is 1. The molecular weight excluding hydrogens is 218 g/mol. The fraction of sp³-hybridized carbons (Fsp3) is 0.500. The van der Waals surface area contributed by atoms with E-state index in [1.165, 1.54) is 0 Å². The summed E-state index contributed by atoms with van der Waals surface area (Å²) in [5.74, 6) is 1.45. The van der Waals surface area contributed by atoms with Crippen LogP contribution in [0.2, 0.25) is 0 Å². The van der Waals surface area contributed by atoms with Gasteiger partial charge in [-0.3, -0.25) is 4.68 Å². The first kappa shape index (κ1) is 10.1. The van der Waals surface area contributed by atoms with Gasteiger partial charge in [0.25, 0.3) is 0 Å². The van der Waals surface area contributed by atoms with E-state index < -0.39 is 0 Å². The van der Waals surface area contributed by atoms with Crippen LogP contribution in [-0.2, 0) is 7.05 Å². The first-order valence-electron chi connectivity index (χ1n) is 5.65. The Hall–Kier alpha value is -2.05. The summed E-state index contributed by atoms with van der Waals surface area (Å²) in [7, 11) is 3.77. The van der Waals surface area contributed by atoms with Gasteiger partial charge in [-0.15, -0.1) is 5.10 Å². The molecule has 0 fully saturated rings. The van der Waals surface area contributed by atoms with E-state index in [0.29, 0.717) is 5.95 Å². The molecule has 90 valence electrons. The second-order valence-electron chi connectivity index (χ2n) is 4.06. The molecule has 1 aliphatic rings. The summed E-state index contributed by atoms with van der Waals surface area (Å²) in [5.41, 5.74) is 1.15. The summed E-state index contributed by atoms with van der Waals surface area (Å²) in [6, 6.07) is 2.23. The van der Waals surface area contributed by atoms with Crippen molar-refractivity contribution in [3.63, 3.8) is 0 Å². The van der Waals surface area contributed by atoms with Crippen LogP contribution in [0.1, 0.15) is 18.2 Å². The van der Waals surface area contributed by atoms with E-state index in [0.717, 1.165) is 24.6 Å². The lowest BCUT2D eigenvalue weighted by atomic mass is 10.1. The van der Waals surface area contributed by atoms with Gasteiger partial charge in [0.2, 0.25) is 11.9 Å². The van der Waals surface area contributed by atoms with Crippen LogP contribution in [-0.4, -0.2) is 38.1 Å². The number of hydrogen-bond acceptors (Lipinski definition) is 5. The van der Waals surface area contributed by atoms with Crippen molar-refractivity contribution in [2.75, 3.05) is 24.2 Å². The van der Waals surface area contributed by atoms with E-state index in [-0.39, 0.29) is 6.04 Å². The van der Waals surface area contributed by atoms with Crippen molar-refractivity contribution in [3.05, 3.63) is 18.0 Å². The zero-order chi connectivity index (χ0) is 11.8. The fourth-order valence-electron chi connectivity index (χ4n) is 2.19. The molecule has 0 aliphatic carbocycles. The van der Waals surface area contributed by atoms with Gasteiger partial charge in [0.05, 0.1) is 11.7 Å². The van der Waals surface area contributed by atoms with Gasteiger partial charge in [-0.25, -0.2) is 4.68 Å². The van der Waals surface area contributed by atoms with E-state index in [9.17, 15) is 0 Å². The van der Waals surface area contributed by atoms with E-state index in [1.54, 1.807) is 0 Å². The Bertz CT molecular complexity index is 526. The second kappa shape index (κ2) is 3.76. The molecule has 0 bridgehead atoms. The maximum Gasteiger partial charge on any atom is 0.243 e. The average Bonchev–Trinajstić information content (AvgIpc) is 2.93. The molecule has 2 N–H and O–H groups in total. The highest BCUT2D eigenvalue weighted by Gasteiger charge is 2.26. The van der Waals surface area contributed by atoms with Gasteiger partial charge in [0.15, 0.2) is 0 Å². The van der Waals surface area contributed by atoms with Gasteiger partial charge in [-0.05, 0) is 12.5 Å². The summed E-state index contributed by atoms with van der Waals surface area (Å²) in [6.07, 6.45) is 2.80. The largest absolute Gasteiger partial charge is 0.356 e. The molecule has 1 unspecified atom stereocenters. The molecule has 17 heavy (non-hydrogen) atoms. The molecule has 0 amide bonds. The minimum Gasteiger partial charge on any atom is -0.356 e. The lowest BCUT2D eigenvalue weighted by molar-refractivity contribution is 0.452. The van der Waals surface area contributed by atoms with Gasteiger partial charge in [0.1, 0.15) is 0 Å². The first-order chi connectivity index (χ1) is 8.29. The lowest BCUT2D eigenvalue weighted by Crippen LogP contribution is -2.26. The molecule has 1 aliphatic heterocycles. The van der Waals surface area contributed by atoms with Crippen molar-refractivity contribution in [1.29, 1.82) is 0 Å². The highest BCUT2D eigenvalue weighted by molar-refractivity contribution is 5.38. The van der Waals surface area contributed by atoms with E-state index in [1.807, 2.05) is 35.7 Å². The molecule has 2 aromatic rings. The molecule has 3 heterocycles. The van der Waals surface area contributed by atoms with Crippen LogP contribution in [0.15, 0.2) is 12.3 Å². The Kier molecular flexibility index (Phi) is 2.24. The number of hydrogen-bond donors (Lipinski definition) is 2. The minimum absolute atomic E-state index is 0.202. The average molecular weight is 233 g/mol. The standard InChI is InChI=1S/C10H15N7/c1-11-9-14-10-12-5-3-8(17(10)15-9)7-4-6-13-16(7)2/h4,6,8H,3,5H2,1-2H3,(H2,11,12,14,15). The number of nitrogens with one attached hydrogen (secondary N) is 2. The van der Waals surface area contributed by atoms with Crippen molar-refractivity contribution in [1.82, 2.24) is 24.5 Å². The Labute approximate surface area is 98.8 Å². The predicted molar refractivity (Wildman–Crippen MR) is 64.0 cm³/mol. The fourth-order valence-corrected chi connectivity index (χ4v) is 2.19. The van der Waals surface area contributed by atoms with Crippen LogP contribution in [0.5, 0.6) is 0 Å². The van der Waals surface area contributed by atoms with Gasteiger partial charge in [-0.2, -0.15) is 10.1 Å². The number of anilines is 2. The summed E-state index contributed by atoms with van der Waals surface area (Å²) >= 11 is 0. The zero-order valence-corrected chi connectivity index (χ0v) is 9.88. The Morgan fingerprint density at radius 3 is 3.12 bits per heavy atom. The molecule has 2 aromatic heterocycles. The summed E-state index contributed by atoms with van der Waals surface area (Å²) in [5, 5.41) is 14.9. The second-order valence-corrected chi connectivity index (χ2v) is 4.06. The van der Waals surface area contributed by atoms with Gasteiger partial charge in [0, 0.05) is 26.8 Å². The summed E-state index contributed by atoms with van der Waals surface area (Å²) in [4.78, 5) is 4.36. The highest BCUT2D eigenvalue weighted by atomic mass is 15.5. The normalized spacial score (nSPS) is 18.6. The molecule has 1 atom stereocenters. The summed E-state index contributed by atoms with van der Waals surface area (Å²) in [6.45, 7) is 0.900. The number of fused-ring (bicyclic) bond motifs is 1. The molecule has 7 heteroatoms. The maximum absolute atomic E-state index is 4.44. The molecule has 0 spiro atoms. The molecule has 0 saturated carbocycles. The third-order valence-corrected chi connectivity index (χ3v) is 3.05. The molecule has 0 aromatic carbocycles. The smallest absolute Gasteiger partial charge is 0.243 e. The quantitative estimate of drug-likeness (QED) is 0.788. The maximum atomic E-state index is 4.44. The molecule has 0 saturated heterocycles. The zero-order valence-electron chi connectivity index (χ0n) is 9.88. The predicted octanol–water partition coefficient (Wildman–Crippen LogP) is 0.458. The monoisotopic (exact) mass is 233 g/mol. The SMILES string of the molecule is CNc1nc2n(n1)C(c1ccnn1C)CCN2. The topological polar surface area (TPSA) is 72.6 Å². The molecule has 0 radical (unpaired) electrons. The van der Waals surface area contributed by atoms with Crippen LogP contribution < -0.4 is 10.6 Å². The number of nitrogens with zero attached hydrogens (tertiary/aromatic N) is 5. The number of rotatable bonds is 2. The van der Waals surface area contributed by atoms with Crippen LogP contribution in [0.4, 0.5) is 11.9 Å². The molecule has 3 rings (SSSR count). The Morgan fingerprint density at radius 2 is 2.41 bits per heavy atom. The summed E-state index contributed by atoms with van der Waals surface area (Å²) < 4.78 is 3.81. The van der Waals surface area contributed by atoms with Crippen molar-refractivity contribution in [2.24, 2.45) is 7.05 Å². The van der Waals surface area contributed by atoms with Crippen molar-refractivity contribution in [2.45, 2.75) is 12.5 Å². The Morgan fingerprint density at radius 1 is 1.53 bits per heavy atom. The minimum atomic E-state index is 0.202. The van der Waals surface area contributed by atoms with Crippen molar-refractivity contribution in [3.8, 4) is 0 Å². The lowest BCUT2D eigenvalue weighted by Gasteiger charge is -2.24. The number of aromatic nitrogens is 5. The van der Waals surface area contributed by atoms with Crippen LogP contribution >= 0.6 is 0 Å². The van der Waals surface area contributed by atoms with Crippen LogP contribution in [0, 0.1) is 0 Å². The van der Waals surface area contributed by atoms with E-state index in [4.69, 9.17) is 0 Å². The highest BCUT2D eigenvalue weighted by Crippen LogP contribution is 2.28. The van der Waals surface area contributed by atoms with Crippen molar-refractivity contribution >= 4 is 11.9 Å². The van der Waals surface area contributed by atoms with Gasteiger partial charge in [-0.1, -0.05) is 0 Å². The molecular formula is C10H15N7. The molecule has 7 nitrogen and oxygen atoms in total. The van der Waals surface area contributed by atoms with Gasteiger partial charge >= 0.3 is 0 Å². The third kappa shape index (κ3) is 1.54. The van der Waals surface area contributed by atoms with Crippen molar-refractivity contribution < 1.29 is 0 Å². The van der Waals surface area contributed by atoms with Crippen LogP contribution in [0.3, 0.4) is 0 Å². The van der Waals surface area contributed by atoms with E-state index in [2.05, 4.69) is 25.8 Å². The van der Waals surface area contributed by atoms with Crippen LogP contribution in [0.25, 0.3) is 0 Å². The van der Waals surface area contributed by atoms with E-state index >= 15 is 0 Å². The van der Waals surface area contributed by atoms with Gasteiger partial charge < -0.3 is 10.6 Å².